The zero-order valence-corrected chi connectivity index (χ0v) is 25.7. The first-order valence-electron chi connectivity index (χ1n) is 15.4. The van der Waals surface area contributed by atoms with Crippen LogP contribution in [0.5, 0.6) is 0 Å². The van der Waals surface area contributed by atoms with Crippen molar-refractivity contribution in [2.75, 3.05) is 6.61 Å². The van der Waals surface area contributed by atoms with Gasteiger partial charge in [0, 0.05) is 12.7 Å². The van der Waals surface area contributed by atoms with Gasteiger partial charge in [-0.15, -0.1) is 0 Å². The van der Waals surface area contributed by atoms with Crippen molar-refractivity contribution < 1.29 is 9.53 Å². The van der Waals surface area contributed by atoms with Crippen molar-refractivity contribution in [2.24, 2.45) is 40.4 Å². The third kappa shape index (κ3) is 5.26. The molecular weight excluding hydrogens is 444 g/mol. The first-order valence-corrected chi connectivity index (χ1v) is 17.1. The number of allylic oxidation sites excluding steroid dienone is 1. The molecule has 4 aliphatic rings. The second-order valence-corrected chi connectivity index (χ2v) is 19.4. The fourth-order valence-electron chi connectivity index (χ4n) is 10.1. The molecule has 0 aromatic carbocycles. The summed E-state index contributed by atoms with van der Waals surface area (Å²) in [4.78, 5) is 0. The van der Waals surface area contributed by atoms with Gasteiger partial charge in [0.15, 0.2) is 9.04 Å². The summed E-state index contributed by atoms with van der Waals surface area (Å²) < 4.78 is 7.00. The van der Waals surface area contributed by atoms with Crippen LogP contribution in [-0.4, -0.2) is 26.9 Å². The molecule has 2 nitrogen and oxygen atoms in total. The van der Waals surface area contributed by atoms with Crippen LogP contribution in [0.25, 0.3) is 0 Å². The van der Waals surface area contributed by atoms with Crippen molar-refractivity contribution in [3.05, 3.63) is 11.6 Å². The maximum atomic E-state index is 9.24. The van der Waals surface area contributed by atoms with Gasteiger partial charge >= 0.3 is 0 Å². The molecule has 4 rings (SSSR count). The van der Waals surface area contributed by atoms with Crippen molar-refractivity contribution >= 4 is 9.04 Å². The maximum Gasteiger partial charge on any atom is 0.185 e. The average molecular weight is 503 g/mol. The summed E-state index contributed by atoms with van der Waals surface area (Å²) in [5.74, 6) is 4.43. The van der Waals surface area contributed by atoms with E-state index in [4.69, 9.17) is 4.43 Å². The molecule has 3 heteroatoms. The summed E-state index contributed by atoms with van der Waals surface area (Å²) in [7, 11) is -1.26. The van der Waals surface area contributed by atoms with Gasteiger partial charge < -0.3 is 9.53 Å². The number of fused-ring (bicyclic) bond motifs is 5. The summed E-state index contributed by atoms with van der Waals surface area (Å²) in [6.45, 7) is 20.2. The monoisotopic (exact) mass is 502 g/mol. The van der Waals surface area contributed by atoms with Crippen molar-refractivity contribution in [1.82, 2.24) is 0 Å². The zero-order chi connectivity index (χ0) is 25.6. The highest BCUT2D eigenvalue weighted by atomic mass is 28.3. The SMILES string of the molecule is CC(C)[SiH](O[C@H]1CC[C@@]2(C)C(=CC[C@H]3[C@@H]4CC[C@H]([C@H](C)CCCCO)[C@@]4(C)CC[C@@H]32)C1)C(C)(C)C. The highest BCUT2D eigenvalue weighted by Crippen LogP contribution is 2.67. The Bertz CT molecular complexity index is 753. The van der Waals surface area contributed by atoms with E-state index in [2.05, 4.69) is 61.5 Å². The molecule has 0 bridgehead atoms. The molecule has 0 heterocycles. The van der Waals surface area contributed by atoms with E-state index in [0.717, 1.165) is 36.0 Å². The molecular formula is C32H58O2Si. The predicted octanol–water partition coefficient (Wildman–Crippen LogP) is 8.68. The summed E-state index contributed by atoms with van der Waals surface area (Å²) in [6, 6.07) is 0. The topological polar surface area (TPSA) is 29.5 Å². The van der Waals surface area contributed by atoms with E-state index in [-0.39, 0.29) is 0 Å². The van der Waals surface area contributed by atoms with E-state index in [1.807, 2.05) is 0 Å². The molecule has 0 amide bonds. The van der Waals surface area contributed by atoms with Crippen LogP contribution in [0, 0.1) is 40.4 Å². The van der Waals surface area contributed by atoms with Gasteiger partial charge in [-0.2, -0.15) is 0 Å². The molecule has 202 valence electrons. The van der Waals surface area contributed by atoms with Gasteiger partial charge in [-0.1, -0.05) is 79.9 Å². The van der Waals surface area contributed by atoms with Crippen molar-refractivity contribution in [3.63, 3.8) is 0 Å². The Kier molecular flexibility index (Phi) is 8.42. The lowest BCUT2D eigenvalue weighted by Gasteiger charge is -2.58. The van der Waals surface area contributed by atoms with Gasteiger partial charge in [-0.3, -0.25) is 0 Å². The smallest absolute Gasteiger partial charge is 0.185 e. The Morgan fingerprint density at radius 2 is 1.77 bits per heavy atom. The normalized spacial score (nSPS) is 41.1. The second kappa shape index (κ2) is 10.6. The number of unbranched alkanes of at least 4 members (excludes halogenated alkanes) is 1. The maximum absolute atomic E-state index is 9.24. The molecule has 0 radical (unpaired) electrons. The van der Waals surface area contributed by atoms with Crippen molar-refractivity contribution in [1.29, 1.82) is 0 Å². The van der Waals surface area contributed by atoms with Gasteiger partial charge in [-0.05, 0) is 109 Å². The number of rotatable bonds is 8. The van der Waals surface area contributed by atoms with Crippen LogP contribution in [-0.2, 0) is 4.43 Å². The van der Waals surface area contributed by atoms with E-state index < -0.39 is 9.04 Å². The van der Waals surface area contributed by atoms with E-state index in [0.29, 0.717) is 34.1 Å². The van der Waals surface area contributed by atoms with E-state index >= 15 is 0 Å². The Morgan fingerprint density at radius 3 is 2.43 bits per heavy atom. The van der Waals surface area contributed by atoms with Gasteiger partial charge in [0.25, 0.3) is 0 Å². The van der Waals surface area contributed by atoms with E-state index in [1.165, 1.54) is 64.2 Å². The number of hydrogen-bond acceptors (Lipinski definition) is 2. The first kappa shape index (κ1) is 27.9. The number of aliphatic hydroxyl groups excluding tert-OH is 1. The number of aliphatic hydroxyl groups is 1. The molecule has 3 saturated carbocycles. The van der Waals surface area contributed by atoms with Crippen molar-refractivity contribution in [3.8, 4) is 0 Å². The van der Waals surface area contributed by atoms with E-state index in [9.17, 15) is 5.11 Å². The highest BCUT2D eigenvalue weighted by molar-refractivity contribution is 6.56. The van der Waals surface area contributed by atoms with Crippen LogP contribution < -0.4 is 0 Å². The van der Waals surface area contributed by atoms with Crippen molar-refractivity contribution in [2.45, 2.75) is 143 Å². The lowest BCUT2D eigenvalue weighted by molar-refractivity contribution is -0.0563. The van der Waals surface area contributed by atoms with Gasteiger partial charge in [-0.25, -0.2) is 0 Å². The number of hydrogen-bond donors (Lipinski definition) is 1. The Hall–Kier alpha value is -0.123. The first-order chi connectivity index (χ1) is 16.4. The minimum Gasteiger partial charge on any atom is -0.416 e. The Morgan fingerprint density at radius 1 is 1.03 bits per heavy atom. The molecule has 35 heavy (non-hydrogen) atoms. The third-order valence-electron chi connectivity index (χ3n) is 11.7. The van der Waals surface area contributed by atoms with Crippen LogP contribution >= 0.6 is 0 Å². The minimum atomic E-state index is -1.26. The van der Waals surface area contributed by atoms with Crippen LogP contribution in [0.3, 0.4) is 0 Å². The second-order valence-electron chi connectivity index (χ2n) is 15.2. The molecule has 0 aliphatic heterocycles. The Balaban J connectivity index is 1.46. The molecule has 0 aromatic rings. The summed E-state index contributed by atoms with van der Waals surface area (Å²) in [5, 5.41) is 9.57. The third-order valence-corrected chi connectivity index (χ3v) is 15.3. The predicted molar refractivity (Wildman–Crippen MR) is 152 cm³/mol. The zero-order valence-electron chi connectivity index (χ0n) is 24.5. The molecule has 0 aromatic heterocycles. The summed E-state index contributed by atoms with van der Waals surface area (Å²) in [6.07, 6.45) is 17.6. The van der Waals surface area contributed by atoms with Gasteiger partial charge in [0.1, 0.15) is 0 Å². The molecule has 0 saturated heterocycles. The van der Waals surface area contributed by atoms with Crippen LogP contribution in [0.4, 0.5) is 0 Å². The fourth-order valence-corrected chi connectivity index (χ4v) is 13.4. The molecule has 1 N–H and O–H groups in total. The largest absolute Gasteiger partial charge is 0.416 e. The summed E-state index contributed by atoms with van der Waals surface area (Å²) >= 11 is 0. The van der Waals surface area contributed by atoms with E-state index in [1.54, 1.807) is 5.57 Å². The van der Waals surface area contributed by atoms with Crippen LogP contribution in [0.2, 0.25) is 10.6 Å². The fraction of sp³-hybridized carbons (Fsp3) is 0.938. The molecule has 4 aliphatic carbocycles. The van der Waals surface area contributed by atoms with Gasteiger partial charge in [0.05, 0.1) is 0 Å². The van der Waals surface area contributed by atoms with Gasteiger partial charge in [0.2, 0.25) is 0 Å². The molecule has 9 atom stereocenters. The van der Waals surface area contributed by atoms with Crippen LogP contribution in [0.15, 0.2) is 11.6 Å². The lowest BCUT2D eigenvalue weighted by atomic mass is 9.47. The summed E-state index contributed by atoms with van der Waals surface area (Å²) in [5.41, 5.74) is 3.44. The molecule has 0 spiro atoms. The quantitative estimate of drug-likeness (QED) is 0.204. The van der Waals surface area contributed by atoms with Crippen LogP contribution in [0.1, 0.15) is 126 Å². The highest BCUT2D eigenvalue weighted by Gasteiger charge is 2.59. The minimum absolute atomic E-state index is 0.336. The standard InChI is InChI=1S/C32H58O2Si/c1-22(2)35(30(4,5)6)34-25-16-18-31(7)24(21-25)12-13-26-28-15-14-27(23(3)11-9-10-20-33)32(28,8)19-17-29(26)31/h12,22-23,25-29,33,35H,9-11,13-21H2,1-8H3/t23-,25+,26+,27-,28+,29+,31+,32-,35?/m1/s1. The lowest BCUT2D eigenvalue weighted by Crippen LogP contribution is -2.51. The molecule has 3 fully saturated rings. The average Bonchev–Trinajstić information content (AvgIpc) is 3.14. The Labute approximate surface area is 219 Å². The molecule has 1 unspecified atom stereocenters.